The second-order valence-electron chi connectivity index (χ2n) is 9.22. The van der Waals surface area contributed by atoms with Crippen LogP contribution in [0.2, 0.25) is 0 Å². The summed E-state index contributed by atoms with van der Waals surface area (Å²) in [6, 6.07) is 13.5. The van der Waals surface area contributed by atoms with Crippen molar-refractivity contribution in [2.24, 2.45) is 0 Å². The highest BCUT2D eigenvalue weighted by Crippen LogP contribution is 2.27. The number of carbonyl (C=O) groups excluding carboxylic acids is 2. The van der Waals surface area contributed by atoms with Gasteiger partial charge >= 0.3 is 0 Å². The summed E-state index contributed by atoms with van der Waals surface area (Å²) in [7, 11) is 3.18. The molecule has 2 amide bonds. The molecule has 0 bridgehead atoms. The molecule has 3 aromatic rings. The second kappa shape index (κ2) is 12.4. The second-order valence-corrected chi connectivity index (χ2v) is 9.22. The Morgan fingerprint density at radius 1 is 0.972 bits per heavy atom. The van der Waals surface area contributed by atoms with E-state index in [0.29, 0.717) is 31.0 Å². The van der Waals surface area contributed by atoms with Crippen LogP contribution < -0.4 is 14.8 Å². The van der Waals surface area contributed by atoms with E-state index >= 15 is 0 Å². The molecule has 192 valence electrons. The van der Waals surface area contributed by atoms with Crippen LogP contribution in [-0.2, 0) is 29.0 Å². The fourth-order valence-corrected chi connectivity index (χ4v) is 4.75. The number of amides is 2. The number of carbonyl (C=O) groups is 2. The quantitative estimate of drug-likeness (QED) is 0.389. The van der Waals surface area contributed by atoms with Crippen LogP contribution in [-0.4, -0.2) is 60.1 Å². The highest BCUT2D eigenvalue weighted by atomic mass is 16.5. The topological polar surface area (TPSA) is 85.7 Å². The number of aryl methyl sites for hydroxylation is 1. The van der Waals surface area contributed by atoms with Crippen molar-refractivity contribution in [3.8, 4) is 11.5 Å². The molecule has 1 saturated heterocycles. The monoisotopic (exact) mass is 492 g/mol. The summed E-state index contributed by atoms with van der Waals surface area (Å²) in [4.78, 5) is 31.9. The van der Waals surface area contributed by atoms with Gasteiger partial charge in [-0.3, -0.25) is 9.59 Å². The molecule has 1 fully saturated rings. The minimum Gasteiger partial charge on any atom is -0.493 e. The van der Waals surface area contributed by atoms with Crippen molar-refractivity contribution in [3.63, 3.8) is 0 Å². The Morgan fingerprint density at radius 2 is 1.75 bits per heavy atom. The van der Waals surface area contributed by atoms with Crippen LogP contribution in [0.3, 0.4) is 0 Å². The van der Waals surface area contributed by atoms with Gasteiger partial charge in [0.1, 0.15) is 12.4 Å². The van der Waals surface area contributed by atoms with Gasteiger partial charge in [0.05, 0.1) is 31.7 Å². The van der Waals surface area contributed by atoms with E-state index in [-0.39, 0.29) is 11.8 Å². The van der Waals surface area contributed by atoms with Crippen LogP contribution >= 0.6 is 0 Å². The number of unbranched alkanes of at least 4 members (excludes halogenated alkanes) is 2. The average Bonchev–Trinajstić information content (AvgIpc) is 3.55. The first-order valence-electron chi connectivity index (χ1n) is 12.8. The molecule has 36 heavy (non-hydrogen) atoms. The van der Waals surface area contributed by atoms with Gasteiger partial charge in [-0.2, -0.15) is 0 Å². The number of nitrogens with zero attached hydrogens (tertiary/aromatic N) is 3. The molecule has 1 aliphatic rings. The van der Waals surface area contributed by atoms with Gasteiger partial charge in [0, 0.05) is 26.1 Å². The fourth-order valence-electron chi connectivity index (χ4n) is 4.75. The lowest BCUT2D eigenvalue weighted by molar-refractivity contribution is -0.130. The summed E-state index contributed by atoms with van der Waals surface area (Å²) in [5, 5.41) is 3.00. The van der Waals surface area contributed by atoms with Crippen LogP contribution in [0.4, 0.5) is 0 Å². The summed E-state index contributed by atoms with van der Waals surface area (Å²) in [5.41, 5.74) is 2.83. The Bertz CT molecular complexity index is 1180. The van der Waals surface area contributed by atoms with Crippen molar-refractivity contribution in [2.45, 2.75) is 51.5 Å². The number of likely N-dealkylation sites (tertiary alicyclic amines) is 1. The third kappa shape index (κ3) is 6.36. The molecule has 0 saturated carbocycles. The van der Waals surface area contributed by atoms with E-state index in [2.05, 4.69) is 9.88 Å². The zero-order valence-electron chi connectivity index (χ0n) is 21.3. The summed E-state index contributed by atoms with van der Waals surface area (Å²) >= 11 is 0. The first-order chi connectivity index (χ1) is 17.6. The number of imidazole rings is 1. The van der Waals surface area contributed by atoms with Crippen molar-refractivity contribution < 1.29 is 19.1 Å². The van der Waals surface area contributed by atoms with E-state index in [4.69, 9.17) is 14.5 Å². The fraction of sp³-hybridized carbons (Fsp3) is 0.464. The standard InChI is InChI=1S/C28H36N4O4/c1-35-24-14-13-21(18-25(24)36-2)19-27(33)29-15-7-3-4-12-26-30-22-10-5-6-11-23(22)32(26)20-28(34)31-16-8-9-17-31/h5-6,10-11,13-14,18H,3-4,7-9,12,15-17,19-20H2,1-2H3,(H,29,33). The Balaban J connectivity index is 1.23. The third-order valence-corrected chi connectivity index (χ3v) is 6.70. The maximum Gasteiger partial charge on any atom is 0.242 e. The molecular weight excluding hydrogens is 456 g/mol. The smallest absolute Gasteiger partial charge is 0.242 e. The largest absolute Gasteiger partial charge is 0.493 e. The van der Waals surface area contributed by atoms with E-state index in [1.165, 1.54) is 0 Å². The van der Waals surface area contributed by atoms with Crippen molar-refractivity contribution in [3.05, 3.63) is 53.9 Å². The average molecular weight is 493 g/mol. The Kier molecular flexibility index (Phi) is 8.81. The number of hydrogen-bond acceptors (Lipinski definition) is 5. The molecule has 0 radical (unpaired) electrons. The number of aromatic nitrogens is 2. The number of fused-ring (bicyclic) bond motifs is 1. The number of methoxy groups -OCH3 is 2. The van der Waals surface area contributed by atoms with Gasteiger partial charge in [-0.1, -0.05) is 24.6 Å². The predicted molar refractivity (Wildman–Crippen MR) is 139 cm³/mol. The van der Waals surface area contributed by atoms with Gasteiger partial charge < -0.3 is 24.3 Å². The van der Waals surface area contributed by atoms with E-state index in [9.17, 15) is 9.59 Å². The molecule has 0 unspecified atom stereocenters. The lowest BCUT2D eigenvalue weighted by Crippen LogP contribution is -2.31. The lowest BCUT2D eigenvalue weighted by Gasteiger charge is -2.17. The molecule has 2 heterocycles. The molecule has 0 atom stereocenters. The molecule has 8 heteroatoms. The molecule has 1 aromatic heterocycles. The Labute approximate surface area is 212 Å². The minimum atomic E-state index is -0.00978. The van der Waals surface area contributed by atoms with Crippen molar-refractivity contribution in [1.82, 2.24) is 19.8 Å². The first kappa shape index (κ1) is 25.5. The number of hydrogen-bond donors (Lipinski definition) is 1. The number of nitrogens with one attached hydrogen (secondary N) is 1. The molecule has 4 rings (SSSR count). The first-order valence-corrected chi connectivity index (χ1v) is 12.8. The van der Waals surface area contributed by atoms with E-state index in [0.717, 1.165) is 74.0 Å². The molecule has 0 spiro atoms. The zero-order chi connectivity index (χ0) is 25.3. The van der Waals surface area contributed by atoms with Gasteiger partial charge in [-0.25, -0.2) is 4.98 Å². The maximum absolute atomic E-state index is 12.8. The number of rotatable bonds is 12. The van der Waals surface area contributed by atoms with Crippen LogP contribution in [0.1, 0.15) is 43.5 Å². The van der Waals surface area contributed by atoms with Gasteiger partial charge in [0.15, 0.2) is 11.5 Å². The normalized spacial score (nSPS) is 13.2. The summed E-state index contributed by atoms with van der Waals surface area (Å²) in [6.45, 7) is 2.70. The zero-order valence-corrected chi connectivity index (χ0v) is 21.3. The van der Waals surface area contributed by atoms with E-state index in [1.807, 2.05) is 47.4 Å². The molecule has 0 aliphatic carbocycles. The van der Waals surface area contributed by atoms with Gasteiger partial charge in [-0.15, -0.1) is 0 Å². The number of para-hydroxylation sites is 2. The van der Waals surface area contributed by atoms with Gasteiger partial charge in [0.25, 0.3) is 0 Å². The summed E-state index contributed by atoms with van der Waals surface area (Å²) < 4.78 is 12.6. The molecule has 1 N–H and O–H groups in total. The van der Waals surface area contributed by atoms with E-state index < -0.39 is 0 Å². The van der Waals surface area contributed by atoms with Crippen molar-refractivity contribution in [1.29, 1.82) is 0 Å². The molecule has 1 aliphatic heterocycles. The summed E-state index contributed by atoms with van der Waals surface area (Å²) in [5.74, 6) is 2.39. The predicted octanol–water partition coefficient (Wildman–Crippen LogP) is 3.75. The highest BCUT2D eigenvalue weighted by Gasteiger charge is 2.20. The lowest BCUT2D eigenvalue weighted by atomic mass is 10.1. The third-order valence-electron chi connectivity index (χ3n) is 6.70. The number of ether oxygens (including phenoxy) is 2. The van der Waals surface area contributed by atoms with Crippen molar-refractivity contribution in [2.75, 3.05) is 33.9 Å². The molecule has 8 nitrogen and oxygen atoms in total. The van der Waals surface area contributed by atoms with Crippen LogP contribution in [0.25, 0.3) is 11.0 Å². The van der Waals surface area contributed by atoms with Crippen LogP contribution in [0, 0.1) is 0 Å². The van der Waals surface area contributed by atoms with Gasteiger partial charge in [-0.05, 0) is 55.5 Å². The SMILES string of the molecule is COc1ccc(CC(=O)NCCCCCc2nc3ccccc3n2CC(=O)N2CCCC2)cc1OC. The number of benzene rings is 2. The van der Waals surface area contributed by atoms with E-state index in [1.54, 1.807) is 14.2 Å². The van der Waals surface area contributed by atoms with Crippen molar-refractivity contribution >= 4 is 22.8 Å². The van der Waals surface area contributed by atoms with Crippen LogP contribution in [0.5, 0.6) is 11.5 Å². The maximum atomic E-state index is 12.8. The molecular formula is C28H36N4O4. The molecule has 2 aromatic carbocycles. The summed E-state index contributed by atoms with van der Waals surface area (Å²) in [6.07, 6.45) is 6.11. The van der Waals surface area contributed by atoms with Gasteiger partial charge in [0.2, 0.25) is 11.8 Å². The minimum absolute atomic E-state index is 0.00978. The highest BCUT2D eigenvalue weighted by molar-refractivity contribution is 5.81. The Morgan fingerprint density at radius 3 is 2.53 bits per heavy atom. The van der Waals surface area contributed by atoms with Crippen LogP contribution in [0.15, 0.2) is 42.5 Å². The Hall–Kier alpha value is -3.55.